The van der Waals surface area contributed by atoms with E-state index in [0.717, 1.165) is 6.20 Å². The first-order valence-electron chi connectivity index (χ1n) is 7.24. The lowest BCUT2D eigenvalue weighted by molar-refractivity contribution is -0.143. The van der Waals surface area contributed by atoms with Gasteiger partial charge in [-0.3, -0.25) is 4.79 Å². The van der Waals surface area contributed by atoms with E-state index in [4.69, 9.17) is 23.2 Å². The number of aromatic nitrogens is 2. The fourth-order valence-electron chi connectivity index (χ4n) is 2.32. The van der Waals surface area contributed by atoms with Gasteiger partial charge in [0.2, 0.25) is 0 Å². The van der Waals surface area contributed by atoms with E-state index in [-0.39, 0.29) is 21.4 Å². The summed E-state index contributed by atoms with van der Waals surface area (Å²) in [6.07, 6.45) is -3.90. The van der Waals surface area contributed by atoms with Gasteiger partial charge in [-0.05, 0) is 30.3 Å². The normalized spacial score (nSPS) is 11.4. The molecular weight excluding hydrogens is 390 g/mol. The average Bonchev–Trinajstić information content (AvgIpc) is 3.04. The third-order valence-corrected chi connectivity index (χ3v) is 4.20. The van der Waals surface area contributed by atoms with Gasteiger partial charge < -0.3 is 5.32 Å². The predicted molar refractivity (Wildman–Crippen MR) is 93.0 cm³/mol. The SMILES string of the molecule is O=C(Nc1ccc(Cl)c(Cl)c1)c1cnn(-c2ccccc2)c1C(F)(F)F. The number of carbonyl (C=O) groups is 1. The summed E-state index contributed by atoms with van der Waals surface area (Å²) in [5.74, 6) is -0.960. The Hall–Kier alpha value is -2.51. The molecule has 0 saturated carbocycles. The molecule has 0 atom stereocenters. The minimum absolute atomic E-state index is 0.167. The van der Waals surface area contributed by atoms with Crippen LogP contribution in [0.2, 0.25) is 10.0 Å². The van der Waals surface area contributed by atoms with Gasteiger partial charge in [0, 0.05) is 5.69 Å². The molecule has 1 amide bonds. The Kier molecular flexibility index (Phi) is 4.93. The minimum atomic E-state index is -4.78. The van der Waals surface area contributed by atoms with Crippen molar-refractivity contribution in [2.75, 3.05) is 5.32 Å². The van der Waals surface area contributed by atoms with Gasteiger partial charge in [-0.25, -0.2) is 4.68 Å². The van der Waals surface area contributed by atoms with Crippen molar-refractivity contribution in [2.24, 2.45) is 0 Å². The number of amides is 1. The molecule has 1 heterocycles. The molecule has 0 aliphatic carbocycles. The quantitative estimate of drug-likeness (QED) is 0.636. The van der Waals surface area contributed by atoms with Gasteiger partial charge in [0.05, 0.1) is 27.5 Å². The van der Waals surface area contributed by atoms with Crippen LogP contribution in [0, 0.1) is 0 Å². The molecule has 2 aromatic carbocycles. The summed E-state index contributed by atoms with van der Waals surface area (Å²) >= 11 is 11.6. The standard InChI is InChI=1S/C17H10Cl2F3N3O/c18-13-7-6-10(8-14(13)19)24-16(26)12-9-23-25(15(12)17(20,21)22)11-4-2-1-3-5-11/h1-9H,(H,24,26). The predicted octanol–water partition coefficient (Wildman–Crippen LogP) is 5.45. The van der Waals surface area contributed by atoms with Crippen LogP contribution in [0.5, 0.6) is 0 Å². The molecule has 26 heavy (non-hydrogen) atoms. The van der Waals surface area contributed by atoms with Gasteiger partial charge in [0.15, 0.2) is 5.69 Å². The second kappa shape index (κ2) is 7.01. The van der Waals surface area contributed by atoms with Gasteiger partial charge in [0.25, 0.3) is 5.91 Å². The van der Waals surface area contributed by atoms with Gasteiger partial charge in [-0.1, -0.05) is 41.4 Å². The highest BCUT2D eigenvalue weighted by molar-refractivity contribution is 6.42. The fourth-order valence-corrected chi connectivity index (χ4v) is 2.62. The number of benzene rings is 2. The van der Waals surface area contributed by atoms with Crippen LogP contribution in [-0.2, 0) is 6.18 Å². The Bertz CT molecular complexity index is 956. The van der Waals surface area contributed by atoms with Crippen LogP contribution in [0.1, 0.15) is 16.1 Å². The summed E-state index contributed by atoms with van der Waals surface area (Å²) in [7, 11) is 0. The Morgan fingerprint density at radius 3 is 2.35 bits per heavy atom. The van der Waals surface area contributed by atoms with E-state index >= 15 is 0 Å². The number of nitrogens with zero attached hydrogens (tertiary/aromatic N) is 2. The molecule has 1 N–H and O–H groups in total. The van der Waals surface area contributed by atoms with Crippen LogP contribution >= 0.6 is 23.2 Å². The second-order valence-electron chi connectivity index (χ2n) is 5.23. The molecular formula is C17H10Cl2F3N3O. The number of hydrogen-bond donors (Lipinski definition) is 1. The fraction of sp³-hybridized carbons (Fsp3) is 0.0588. The van der Waals surface area contributed by atoms with Gasteiger partial charge >= 0.3 is 6.18 Å². The van der Waals surface area contributed by atoms with E-state index in [0.29, 0.717) is 4.68 Å². The topological polar surface area (TPSA) is 46.9 Å². The van der Waals surface area contributed by atoms with E-state index in [9.17, 15) is 18.0 Å². The lowest BCUT2D eigenvalue weighted by Crippen LogP contribution is -2.20. The minimum Gasteiger partial charge on any atom is -0.322 e. The highest BCUT2D eigenvalue weighted by Crippen LogP contribution is 2.34. The Balaban J connectivity index is 2.00. The third kappa shape index (κ3) is 3.68. The van der Waals surface area contributed by atoms with E-state index < -0.39 is 23.3 Å². The molecule has 134 valence electrons. The maximum absolute atomic E-state index is 13.6. The first kappa shape index (κ1) is 18.3. The Labute approximate surface area is 156 Å². The highest BCUT2D eigenvalue weighted by Gasteiger charge is 2.40. The maximum atomic E-state index is 13.6. The molecule has 0 aliphatic rings. The molecule has 0 radical (unpaired) electrons. The van der Waals surface area contributed by atoms with Crippen LogP contribution in [0.25, 0.3) is 5.69 Å². The highest BCUT2D eigenvalue weighted by atomic mass is 35.5. The van der Waals surface area contributed by atoms with Crippen LogP contribution in [0.4, 0.5) is 18.9 Å². The van der Waals surface area contributed by atoms with Crippen LogP contribution in [0.15, 0.2) is 54.7 Å². The van der Waals surface area contributed by atoms with Crippen molar-refractivity contribution in [3.63, 3.8) is 0 Å². The summed E-state index contributed by atoms with van der Waals surface area (Å²) in [6.45, 7) is 0. The van der Waals surface area contributed by atoms with Crippen molar-refractivity contribution < 1.29 is 18.0 Å². The van der Waals surface area contributed by atoms with Crippen molar-refractivity contribution in [1.82, 2.24) is 9.78 Å². The van der Waals surface area contributed by atoms with Gasteiger partial charge in [0.1, 0.15) is 0 Å². The summed E-state index contributed by atoms with van der Waals surface area (Å²) in [5.41, 5.74) is -1.37. The number of carbonyl (C=O) groups excluding carboxylic acids is 1. The Morgan fingerprint density at radius 2 is 1.73 bits per heavy atom. The van der Waals surface area contributed by atoms with Gasteiger partial charge in [-0.15, -0.1) is 0 Å². The number of para-hydroxylation sites is 1. The summed E-state index contributed by atoms with van der Waals surface area (Å²) in [6, 6.07) is 11.9. The Morgan fingerprint density at radius 1 is 1.04 bits per heavy atom. The molecule has 0 unspecified atom stereocenters. The van der Waals surface area contributed by atoms with Crippen molar-refractivity contribution in [3.05, 3.63) is 76.0 Å². The molecule has 3 aromatic rings. The summed E-state index contributed by atoms with van der Waals surface area (Å²) in [5, 5.41) is 6.53. The molecule has 0 bridgehead atoms. The van der Waals surface area contributed by atoms with E-state index in [2.05, 4.69) is 10.4 Å². The number of hydrogen-bond acceptors (Lipinski definition) is 2. The first-order valence-corrected chi connectivity index (χ1v) is 8.00. The lowest BCUT2D eigenvalue weighted by Gasteiger charge is -2.13. The monoisotopic (exact) mass is 399 g/mol. The molecule has 9 heteroatoms. The summed E-state index contributed by atoms with van der Waals surface area (Å²) < 4.78 is 41.4. The lowest BCUT2D eigenvalue weighted by atomic mass is 10.2. The van der Waals surface area contributed by atoms with E-state index in [1.165, 1.54) is 30.3 Å². The molecule has 4 nitrogen and oxygen atoms in total. The van der Waals surface area contributed by atoms with E-state index in [1.807, 2.05) is 0 Å². The number of rotatable bonds is 3. The zero-order valence-electron chi connectivity index (χ0n) is 12.9. The first-order chi connectivity index (χ1) is 12.3. The number of nitrogens with one attached hydrogen (secondary N) is 1. The summed E-state index contributed by atoms with van der Waals surface area (Å²) in [4.78, 5) is 12.4. The van der Waals surface area contributed by atoms with Gasteiger partial charge in [-0.2, -0.15) is 18.3 Å². The smallest absolute Gasteiger partial charge is 0.322 e. The maximum Gasteiger partial charge on any atom is 0.434 e. The average molecular weight is 400 g/mol. The molecule has 0 fully saturated rings. The van der Waals surface area contributed by atoms with Crippen molar-refractivity contribution in [2.45, 2.75) is 6.18 Å². The number of anilines is 1. The number of alkyl halides is 3. The zero-order valence-corrected chi connectivity index (χ0v) is 14.4. The zero-order chi connectivity index (χ0) is 18.9. The number of halogens is 5. The molecule has 3 rings (SSSR count). The third-order valence-electron chi connectivity index (χ3n) is 3.46. The largest absolute Gasteiger partial charge is 0.434 e. The van der Waals surface area contributed by atoms with E-state index in [1.54, 1.807) is 18.2 Å². The molecule has 0 aliphatic heterocycles. The van der Waals surface area contributed by atoms with Crippen LogP contribution < -0.4 is 5.32 Å². The molecule has 1 aromatic heterocycles. The molecule has 0 saturated heterocycles. The second-order valence-corrected chi connectivity index (χ2v) is 6.05. The van der Waals surface area contributed by atoms with Crippen molar-refractivity contribution in [1.29, 1.82) is 0 Å². The molecule has 0 spiro atoms. The van der Waals surface area contributed by atoms with Crippen LogP contribution in [-0.4, -0.2) is 15.7 Å². The van der Waals surface area contributed by atoms with Crippen molar-refractivity contribution in [3.8, 4) is 5.69 Å². The van der Waals surface area contributed by atoms with Crippen LogP contribution in [0.3, 0.4) is 0 Å². The van der Waals surface area contributed by atoms with Crippen molar-refractivity contribution >= 4 is 34.8 Å².